The number of benzene rings is 15. The lowest BCUT2D eigenvalue weighted by Gasteiger charge is -2.26. The zero-order chi connectivity index (χ0) is 63.5. The number of thiophene rings is 2. The lowest BCUT2D eigenvalue weighted by molar-refractivity contribution is 0.668. The first kappa shape index (κ1) is 56.7. The predicted octanol–water partition coefficient (Wildman–Crippen LogP) is 27.2. The van der Waals surface area contributed by atoms with Crippen LogP contribution in [0.5, 0.6) is 0 Å². The molecule has 0 N–H and O–H groups in total. The highest BCUT2D eigenvalue weighted by atomic mass is 32.1. The monoisotopic (exact) mass is 1260 g/mol. The first-order chi connectivity index (χ1) is 47.5. The van der Waals surface area contributed by atoms with Gasteiger partial charge in [0.15, 0.2) is 0 Å². The fraction of sp³-hybridized carbons (Fsp3) is 0. The van der Waals surface area contributed by atoms with Crippen LogP contribution in [-0.4, -0.2) is 0 Å². The Hall–Kier alpha value is -12.1. The van der Waals surface area contributed by atoms with E-state index >= 15 is 0 Å². The van der Waals surface area contributed by atoms with Crippen LogP contribution in [0.25, 0.3) is 140 Å². The zero-order valence-electron chi connectivity index (χ0n) is 52.0. The normalized spacial score (nSPS) is 11.5. The van der Waals surface area contributed by atoms with E-state index in [1.807, 2.05) is 40.9 Å². The van der Waals surface area contributed by atoms with E-state index in [1.54, 1.807) is 0 Å². The van der Waals surface area contributed by atoms with Crippen LogP contribution in [-0.2, 0) is 0 Å². The van der Waals surface area contributed by atoms with Gasteiger partial charge in [-0.1, -0.05) is 224 Å². The van der Waals surface area contributed by atoms with Crippen molar-refractivity contribution in [1.82, 2.24) is 0 Å². The van der Waals surface area contributed by atoms with Gasteiger partial charge in [-0.15, -0.1) is 22.7 Å². The van der Waals surface area contributed by atoms with Crippen LogP contribution in [0.1, 0.15) is 0 Å². The van der Waals surface area contributed by atoms with Crippen molar-refractivity contribution < 1.29 is 8.83 Å². The summed E-state index contributed by atoms with van der Waals surface area (Å²) in [6, 6.07) is 126. The van der Waals surface area contributed by atoms with E-state index in [1.165, 1.54) is 90.4 Å². The van der Waals surface area contributed by atoms with Gasteiger partial charge in [-0.25, -0.2) is 0 Å². The Morgan fingerprint density at radius 1 is 0.167 bits per heavy atom. The summed E-state index contributed by atoms with van der Waals surface area (Å²) in [6.07, 6.45) is 0. The Bertz CT molecular complexity index is 6050. The van der Waals surface area contributed by atoms with Crippen molar-refractivity contribution in [3.63, 3.8) is 0 Å². The van der Waals surface area contributed by atoms with Crippen LogP contribution >= 0.6 is 22.7 Å². The molecule has 0 saturated carbocycles. The van der Waals surface area contributed by atoms with E-state index in [2.05, 4.69) is 343 Å². The van der Waals surface area contributed by atoms with E-state index < -0.39 is 0 Å². The number of hydrogen-bond acceptors (Lipinski definition) is 6. The molecule has 0 unspecified atom stereocenters. The van der Waals surface area contributed by atoms with Crippen molar-refractivity contribution in [2.24, 2.45) is 0 Å². The van der Waals surface area contributed by atoms with Gasteiger partial charge in [-0.3, -0.25) is 0 Å². The second-order valence-electron chi connectivity index (χ2n) is 24.3. The molecule has 0 aliphatic heterocycles. The van der Waals surface area contributed by atoms with Crippen molar-refractivity contribution in [3.05, 3.63) is 352 Å². The van der Waals surface area contributed by atoms with Crippen LogP contribution in [0.3, 0.4) is 0 Å². The third-order valence-corrected chi connectivity index (χ3v) is 20.9. The van der Waals surface area contributed by atoms with Gasteiger partial charge in [0.2, 0.25) is 0 Å². The first-order valence-corrected chi connectivity index (χ1v) is 34.0. The number of nitrogens with zero attached hydrogens (tertiary/aromatic N) is 2. The summed E-state index contributed by atoms with van der Waals surface area (Å²) in [5.74, 6) is 0. The third-order valence-electron chi connectivity index (χ3n) is 18.6. The molecule has 4 aromatic heterocycles. The number of para-hydroxylation sites is 1. The second-order valence-corrected chi connectivity index (χ2v) is 26.5. The molecule has 6 heteroatoms. The molecule has 19 aromatic rings. The molecule has 0 amide bonds. The highest BCUT2D eigenvalue weighted by Crippen LogP contribution is 2.45. The molecule has 0 radical (unpaired) electrons. The lowest BCUT2D eigenvalue weighted by atomic mass is 10.0. The molecule has 0 spiro atoms. The summed E-state index contributed by atoms with van der Waals surface area (Å²) in [4.78, 5) is 4.62. The Labute approximate surface area is 563 Å². The molecule has 15 aromatic carbocycles. The maximum absolute atomic E-state index is 6.56. The van der Waals surface area contributed by atoms with Crippen LogP contribution in [0.2, 0.25) is 0 Å². The molecule has 0 atom stereocenters. The summed E-state index contributed by atoms with van der Waals surface area (Å²) in [5, 5.41) is 9.79. The third kappa shape index (κ3) is 10.5. The molecule has 4 heterocycles. The molecular weight excluding hydrogens is 1210 g/mol. The Morgan fingerprint density at radius 2 is 0.427 bits per heavy atom. The fourth-order valence-electron chi connectivity index (χ4n) is 13.7. The van der Waals surface area contributed by atoms with Crippen molar-refractivity contribution in [2.45, 2.75) is 0 Å². The van der Waals surface area contributed by atoms with Gasteiger partial charge >= 0.3 is 0 Å². The van der Waals surface area contributed by atoms with Crippen LogP contribution in [0.15, 0.2) is 361 Å². The molecular formula is C90H58N2O2S2. The van der Waals surface area contributed by atoms with Gasteiger partial charge < -0.3 is 18.6 Å². The maximum atomic E-state index is 6.56. The molecule has 0 fully saturated rings. The molecule has 4 nitrogen and oxygen atoms in total. The lowest BCUT2D eigenvalue weighted by Crippen LogP contribution is -2.09. The molecule has 0 aliphatic carbocycles. The average molecular weight is 1260 g/mol. The molecule has 96 heavy (non-hydrogen) atoms. The topological polar surface area (TPSA) is 32.8 Å². The van der Waals surface area contributed by atoms with E-state index in [9.17, 15) is 0 Å². The molecule has 0 bridgehead atoms. The highest BCUT2D eigenvalue weighted by molar-refractivity contribution is 7.26. The average Bonchev–Trinajstić information content (AvgIpc) is 1.90. The summed E-state index contributed by atoms with van der Waals surface area (Å²) >= 11 is 3.71. The number of fused-ring (bicyclic) bond motifs is 12. The number of anilines is 6. The van der Waals surface area contributed by atoms with Gasteiger partial charge in [0, 0.05) is 108 Å². The van der Waals surface area contributed by atoms with Gasteiger partial charge in [0.1, 0.15) is 22.3 Å². The molecule has 452 valence electrons. The Balaban J connectivity index is 0.000000141. The number of hydrogen-bond donors (Lipinski definition) is 0. The zero-order valence-corrected chi connectivity index (χ0v) is 53.6. The van der Waals surface area contributed by atoms with Crippen LogP contribution in [0.4, 0.5) is 34.1 Å². The van der Waals surface area contributed by atoms with Gasteiger partial charge in [-0.05, 0) is 171 Å². The van der Waals surface area contributed by atoms with E-state index in [0.29, 0.717) is 0 Å². The van der Waals surface area contributed by atoms with E-state index in [-0.39, 0.29) is 0 Å². The van der Waals surface area contributed by atoms with Crippen molar-refractivity contribution >= 4 is 141 Å². The van der Waals surface area contributed by atoms with Gasteiger partial charge in [0.05, 0.1) is 0 Å². The summed E-state index contributed by atoms with van der Waals surface area (Å²) in [6.45, 7) is 0. The van der Waals surface area contributed by atoms with Crippen molar-refractivity contribution in [3.8, 4) is 55.6 Å². The van der Waals surface area contributed by atoms with Crippen molar-refractivity contribution in [2.75, 3.05) is 9.80 Å². The van der Waals surface area contributed by atoms with Crippen LogP contribution in [0, 0.1) is 0 Å². The second kappa shape index (κ2) is 24.1. The minimum Gasteiger partial charge on any atom is -0.456 e. The molecule has 19 rings (SSSR count). The number of furan rings is 2. The predicted molar refractivity (Wildman–Crippen MR) is 410 cm³/mol. The van der Waals surface area contributed by atoms with Crippen LogP contribution < -0.4 is 9.80 Å². The summed E-state index contributed by atoms with van der Waals surface area (Å²) < 4.78 is 18.1. The molecule has 0 aliphatic rings. The Morgan fingerprint density at radius 3 is 0.854 bits per heavy atom. The number of rotatable bonds is 11. The minimum atomic E-state index is 0.867. The van der Waals surface area contributed by atoms with Crippen molar-refractivity contribution in [1.29, 1.82) is 0 Å². The summed E-state index contributed by atoms with van der Waals surface area (Å²) in [7, 11) is 0. The maximum Gasteiger partial charge on any atom is 0.137 e. The largest absolute Gasteiger partial charge is 0.456 e. The molecule has 0 saturated heterocycles. The highest BCUT2D eigenvalue weighted by Gasteiger charge is 2.20. The van der Waals surface area contributed by atoms with Gasteiger partial charge in [-0.2, -0.15) is 0 Å². The summed E-state index contributed by atoms with van der Waals surface area (Å²) in [5.41, 5.74) is 21.9. The fourth-order valence-corrected chi connectivity index (χ4v) is 16.0. The van der Waals surface area contributed by atoms with E-state index in [4.69, 9.17) is 8.83 Å². The standard InChI is InChI=1S/C48H31NOS.C42H27NOS/c1-3-9-32(10-4-1)34-15-21-38(22-16-34)49(39-23-17-35(18-24-39)37-20-27-44-43-13-7-8-14-47(43)51-48(44)30-37)40-25-28-42-41-26-19-36(33-11-5-2-6-12-33)29-45(41)50-46(42)31-40;1-2-8-28(9-3-1)29-14-19-32(20-15-29)43(34-23-25-36-35-10-4-6-12-39(35)44-40(36)27-34)33-21-16-30(17-22-33)31-18-24-38-37-11-5-7-13-41(37)45-42(38)26-31/h1-31H;1-27H. The van der Waals surface area contributed by atoms with E-state index in [0.717, 1.165) is 83.6 Å². The van der Waals surface area contributed by atoms with Gasteiger partial charge in [0.25, 0.3) is 0 Å². The first-order valence-electron chi connectivity index (χ1n) is 32.4. The minimum absolute atomic E-state index is 0.867. The quantitative estimate of drug-likeness (QED) is 0.129. The SMILES string of the molecule is c1ccc(-c2ccc(N(c3ccc(-c4ccc5c(c4)sc4ccccc45)cc3)c3ccc4c(c3)oc3cc(-c5ccccc5)ccc34)cc2)cc1.c1ccc(-c2ccc(N(c3ccc(-c4ccc5c(c4)sc4ccccc45)cc3)c3ccc4c(c3)oc3ccccc34)cc2)cc1. The smallest absolute Gasteiger partial charge is 0.137 e. The Kier molecular flexibility index (Phi) is 14.2.